The molecule has 0 aromatic heterocycles. The van der Waals surface area contributed by atoms with Gasteiger partial charge in [0.15, 0.2) is 16.7 Å². The highest BCUT2D eigenvalue weighted by Crippen LogP contribution is 2.32. The van der Waals surface area contributed by atoms with Crippen LogP contribution in [0.4, 0.5) is 13.2 Å². The average molecular weight is 481 g/mol. The van der Waals surface area contributed by atoms with Gasteiger partial charge in [-0.3, -0.25) is 9.59 Å². The Labute approximate surface area is 190 Å². The molecule has 174 valence electrons. The van der Waals surface area contributed by atoms with E-state index in [4.69, 9.17) is 14.6 Å². The highest BCUT2D eigenvalue weighted by molar-refractivity contribution is 8.15. The van der Waals surface area contributed by atoms with Crippen LogP contribution in [0, 0.1) is 0 Å². The van der Waals surface area contributed by atoms with Crippen molar-refractivity contribution in [3.8, 4) is 11.5 Å². The summed E-state index contributed by atoms with van der Waals surface area (Å²) >= 11 is 0.952. The van der Waals surface area contributed by atoms with Crippen molar-refractivity contribution in [1.29, 1.82) is 0 Å². The van der Waals surface area contributed by atoms with Crippen LogP contribution in [0.3, 0.4) is 0 Å². The Bertz CT molecular complexity index is 1100. The van der Waals surface area contributed by atoms with E-state index < -0.39 is 28.9 Å². The third kappa shape index (κ3) is 6.48. The zero-order valence-electron chi connectivity index (χ0n) is 17.1. The smallest absolute Gasteiger partial charge is 0.416 e. The number of aliphatic carboxylic acids is 1. The standard InChI is InChI=1S/C21H18F3N3O5S/c1-31-15-7-3-5-13(10-25-27-20-26-19(30)16(33-20)9-17(28)29)18(15)32-11-12-4-2-6-14(8-12)21(22,23)24/h2-8,10,16H,9,11H2,1H3,(H,28,29)(H,26,27,30). The number of carbonyl (C=O) groups is 2. The van der Waals surface area contributed by atoms with E-state index in [2.05, 4.69) is 15.5 Å². The van der Waals surface area contributed by atoms with Gasteiger partial charge in [0.25, 0.3) is 0 Å². The van der Waals surface area contributed by atoms with E-state index in [1.165, 1.54) is 25.5 Å². The molecular weight excluding hydrogens is 463 g/mol. The summed E-state index contributed by atoms with van der Waals surface area (Å²) in [6, 6.07) is 9.72. The number of carboxylic acid groups (broad SMARTS) is 1. The van der Waals surface area contributed by atoms with Crippen LogP contribution >= 0.6 is 11.8 Å². The fraction of sp³-hybridized carbons (Fsp3) is 0.238. The second kappa shape index (κ2) is 10.4. The van der Waals surface area contributed by atoms with E-state index in [1.54, 1.807) is 18.2 Å². The number of carboxylic acids is 1. The molecule has 12 heteroatoms. The summed E-state index contributed by atoms with van der Waals surface area (Å²) in [6.45, 7) is -0.150. The third-order valence-corrected chi connectivity index (χ3v) is 5.42. The number of hydrogen-bond donors (Lipinski definition) is 2. The van der Waals surface area contributed by atoms with Crippen molar-refractivity contribution in [3.63, 3.8) is 0 Å². The largest absolute Gasteiger partial charge is 0.493 e. The maximum atomic E-state index is 12.9. The van der Waals surface area contributed by atoms with E-state index >= 15 is 0 Å². The van der Waals surface area contributed by atoms with Crippen LogP contribution in [-0.2, 0) is 22.4 Å². The summed E-state index contributed by atoms with van der Waals surface area (Å²) in [5.41, 5.74) is -0.0333. The Balaban J connectivity index is 1.76. The van der Waals surface area contributed by atoms with Crippen molar-refractivity contribution < 1.29 is 37.3 Å². The van der Waals surface area contributed by atoms with Gasteiger partial charge in [0.05, 0.1) is 25.3 Å². The molecule has 1 fully saturated rings. The predicted octanol–water partition coefficient (Wildman–Crippen LogP) is 3.69. The average Bonchev–Trinajstić information content (AvgIpc) is 3.10. The Kier molecular flexibility index (Phi) is 7.59. The lowest BCUT2D eigenvalue weighted by Gasteiger charge is -2.14. The van der Waals surface area contributed by atoms with E-state index in [-0.39, 0.29) is 23.9 Å². The van der Waals surface area contributed by atoms with Gasteiger partial charge >= 0.3 is 12.1 Å². The summed E-state index contributed by atoms with van der Waals surface area (Å²) in [6.07, 6.45) is -3.48. The number of hydrogen-bond acceptors (Lipinski definition) is 7. The topological polar surface area (TPSA) is 110 Å². The van der Waals surface area contributed by atoms with Crippen LogP contribution in [0.2, 0.25) is 0 Å². The van der Waals surface area contributed by atoms with E-state index in [0.717, 1.165) is 23.9 Å². The number of amidine groups is 1. The molecule has 1 heterocycles. The lowest BCUT2D eigenvalue weighted by molar-refractivity contribution is -0.138. The first kappa shape index (κ1) is 24.1. The Morgan fingerprint density at radius 3 is 2.73 bits per heavy atom. The SMILES string of the molecule is COc1cccc(C=NN=C2NC(=O)C(CC(=O)O)S2)c1OCc1cccc(C(F)(F)F)c1. The fourth-order valence-electron chi connectivity index (χ4n) is 2.83. The first-order chi connectivity index (χ1) is 15.7. The van der Waals surface area contributed by atoms with Gasteiger partial charge < -0.3 is 19.9 Å². The number of nitrogens with one attached hydrogen (secondary N) is 1. The number of ether oxygens (including phenoxy) is 2. The number of alkyl halides is 3. The minimum Gasteiger partial charge on any atom is -0.493 e. The molecule has 1 aliphatic rings. The number of nitrogens with zero attached hydrogens (tertiary/aromatic N) is 2. The maximum Gasteiger partial charge on any atom is 0.416 e. The molecule has 8 nitrogen and oxygen atoms in total. The number of amides is 1. The number of para-hydroxylation sites is 1. The van der Waals surface area contributed by atoms with Crippen molar-refractivity contribution in [2.75, 3.05) is 7.11 Å². The molecule has 1 atom stereocenters. The van der Waals surface area contributed by atoms with Gasteiger partial charge in [-0.15, -0.1) is 5.10 Å². The van der Waals surface area contributed by atoms with E-state index in [9.17, 15) is 22.8 Å². The van der Waals surface area contributed by atoms with Crippen LogP contribution in [0.5, 0.6) is 11.5 Å². The molecule has 1 aliphatic heterocycles. The molecular formula is C21H18F3N3O5S. The number of halogens is 3. The number of thioether (sulfide) groups is 1. The second-order valence-electron chi connectivity index (χ2n) is 6.71. The van der Waals surface area contributed by atoms with Crippen LogP contribution < -0.4 is 14.8 Å². The molecule has 0 radical (unpaired) electrons. The first-order valence-corrected chi connectivity index (χ1v) is 10.3. The van der Waals surface area contributed by atoms with Gasteiger partial charge in [-0.05, 0) is 29.8 Å². The van der Waals surface area contributed by atoms with Crippen molar-refractivity contribution in [1.82, 2.24) is 5.32 Å². The van der Waals surface area contributed by atoms with Crippen LogP contribution in [0.1, 0.15) is 23.1 Å². The molecule has 3 rings (SSSR count). The zero-order chi connectivity index (χ0) is 24.0. The van der Waals surface area contributed by atoms with Gasteiger partial charge in [-0.2, -0.15) is 18.3 Å². The molecule has 1 saturated heterocycles. The molecule has 2 aromatic carbocycles. The molecule has 1 unspecified atom stereocenters. The lowest BCUT2D eigenvalue weighted by atomic mass is 10.1. The van der Waals surface area contributed by atoms with Crippen LogP contribution in [-0.4, -0.2) is 40.7 Å². The van der Waals surface area contributed by atoms with E-state index in [0.29, 0.717) is 16.9 Å². The lowest BCUT2D eigenvalue weighted by Crippen LogP contribution is -2.26. The highest BCUT2D eigenvalue weighted by atomic mass is 32.2. The first-order valence-electron chi connectivity index (χ1n) is 9.43. The molecule has 0 bridgehead atoms. The maximum absolute atomic E-state index is 12.9. The van der Waals surface area contributed by atoms with Gasteiger partial charge in [-0.25, -0.2) is 0 Å². The predicted molar refractivity (Wildman–Crippen MR) is 116 cm³/mol. The van der Waals surface area contributed by atoms with Crippen molar-refractivity contribution in [2.45, 2.75) is 24.5 Å². The Hall–Kier alpha value is -3.54. The van der Waals surface area contributed by atoms with Gasteiger partial charge in [0, 0.05) is 5.56 Å². The number of methoxy groups -OCH3 is 1. The zero-order valence-corrected chi connectivity index (χ0v) is 17.9. The molecule has 2 aromatic rings. The molecule has 1 amide bonds. The van der Waals surface area contributed by atoms with Crippen molar-refractivity contribution in [3.05, 3.63) is 59.2 Å². The minimum absolute atomic E-state index is 0.150. The molecule has 33 heavy (non-hydrogen) atoms. The van der Waals surface area contributed by atoms with Crippen molar-refractivity contribution in [2.24, 2.45) is 10.2 Å². The summed E-state index contributed by atoms with van der Waals surface area (Å²) in [4.78, 5) is 22.6. The fourth-order valence-corrected chi connectivity index (χ4v) is 3.75. The van der Waals surface area contributed by atoms with E-state index in [1.807, 2.05) is 0 Å². The second-order valence-corrected chi connectivity index (χ2v) is 7.90. The normalized spacial score (nSPS) is 17.4. The summed E-state index contributed by atoms with van der Waals surface area (Å²) in [7, 11) is 1.42. The Morgan fingerprint density at radius 1 is 1.27 bits per heavy atom. The summed E-state index contributed by atoms with van der Waals surface area (Å²) in [5.74, 6) is -0.994. The number of benzene rings is 2. The Morgan fingerprint density at radius 2 is 2.03 bits per heavy atom. The summed E-state index contributed by atoms with van der Waals surface area (Å²) < 4.78 is 49.9. The number of carbonyl (C=O) groups excluding carboxylic acids is 1. The van der Waals surface area contributed by atoms with Gasteiger partial charge in [-0.1, -0.05) is 30.0 Å². The molecule has 0 saturated carbocycles. The molecule has 0 spiro atoms. The van der Waals surface area contributed by atoms with Crippen LogP contribution in [0.25, 0.3) is 0 Å². The minimum atomic E-state index is -4.46. The quantitative estimate of drug-likeness (QED) is 0.440. The monoisotopic (exact) mass is 481 g/mol. The van der Waals surface area contributed by atoms with Gasteiger partial charge in [0.1, 0.15) is 11.9 Å². The van der Waals surface area contributed by atoms with Crippen LogP contribution in [0.15, 0.2) is 52.7 Å². The van der Waals surface area contributed by atoms with Gasteiger partial charge in [0.2, 0.25) is 5.91 Å². The highest BCUT2D eigenvalue weighted by Gasteiger charge is 2.32. The molecule has 2 N–H and O–H groups in total. The van der Waals surface area contributed by atoms with Crippen molar-refractivity contribution >= 4 is 35.0 Å². The third-order valence-electron chi connectivity index (χ3n) is 4.35. The number of rotatable bonds is 8. The molecule has 0 aliphatic carbocycles. The summed E-state index contributed by atoms with van der Waals surface area (Å²) in [5, 5.41) is 18.4.